The van der Waals surface area contributed by atoms with Crippen LogP contribution < -0.4 is 10.6 Å². The van der Waals surface area contributed by atoms with Crippen molar-refractivity contribution in [2.24, 2.45) is 0 Å². The highest BCUT2D eigenvalue weighted by molar-refractivity contribution is 5.87. The van der Waals surface area contributed by atoms with Gasteiger partial charge in [-0.25, -0.2) is 0 Å². The fourth-order valence-electron chi connectivity index (χ4n) is 1.92. The smallest absolute Gasteiger partial charge is 0.243 e. The molecule has 1 fully saturated rings. The Labute approximate surface area is 95.9 Å². The fraction of sp³-hybridized carbons (Fsp3) is 0.636. The first-order chi connectivity index (χ1) is 7.58. The van der Waals surface area contributed by atoms with E-state index >= 15 is 0 Å². The Balaban J connectivity index is 2.61. The number of nitrogens with zero attached hydrogens (tertiary/aromatic N) is 1. The molecular weight excluding hydrogens is 206 g/mol. The van der Waals surface area contributed by atoms with E-state index in [0.29, 0.717) is 13.1 Å². The predicted octanol–water partition coefficient (Wildman–Crippen LogP) is -0.503. The molecule has 0 bridgehead atoms. The van der Waals surface area contributed by atoms with Crippen molar-refractivity contribution >= 4 is 11.8 Å². The second-order valence-electron chi connectivity index (χ2n) is 3.91. The number of nitrogens with one attached hydrogen (secondary N) is 2. The van der Waals surface area contributed by atoms with Gasteiger partial charge in [0.1, 0.15) is 0 Å². The summed E-state index contributed by atoms with van der Waals surface area (Å²) in [5.74, 6) is -0.156. The van der Waals surface area contributed by atoms with Crippen LogP contribution in [0, 0.1) is 0 Å². The van der Waals surface area contributed by atoms with Crippen LogP contribution in [0.5, 0.6) is 0 Å². The molecule has 2 atom stereocenters. The van der Waals surface area contributed by atoms with Crippen molar-refractivity contribution in [1.82, 2.24) is 15.5 Å². The number of likely N-dealkylation sites (N-methyl/N-ethyl adjacent to an activating group) is 1. The van der Waals surface area contributed by atoms with E-state index in [1.165, 1.54) is 6.08 Å². The van der Waals surface area contributed by atoms with Crippen molar-refractivity contribution in [1.29, 1.82) is 0 Å². The van der Waals surface area contributed by atoms with Crippen LogP contribution in [0.2, 0.25) is 0 Å². The van der Waals surface area contributed by atoms with E-state index in [0.717, 1.165) is 6.54 Å². The summed E-state index contributed by atoms with van der Waals surface area (Å²) < 4.78 is 0. The summed E-state index contributed by atoms with van der Waals surface area (Å²) in [5, 5.41) is 6.10. The molecule has 0 aromatic rings. The number of rotatable bonds is 4. The lowest BCUT2D eigenvalue weighted by Gasteiger charge is -2.19. The molecule has 0 aliphatic carbocycles. The van der Waals surface area contributed by atoms with E-state index in [4.69, 9.17) is 0 Å². The minimum Gasteiger partial charge on any atom is -0.346 e. The molecular formula is C11H19N3O2. The molecule has 2 N–H and O–H groups in total. The fourth-order valence-corrected chi connectivity index (χ4v) is 1.92. The average Bonchev–Trinajstić information content (AvgIpc) is 2.62. The van der Waals surface area contributed by atoms with Gasteiger partial charge in [-0.15, -0.1) is 0 Å². The van der Waals surface area contributed by atoms with Gasteiger partial charge in [0.2, 0.25) is 11.8 Å². The third kappa shape index (κ3) is 3.06. The lowest BCUT2D eigenvalue weighted by atomic mass is 10.1. The van der Waals surface area contributed by atoms with Gasteiger partial charge >= 0.3 is 0 Å². The van der Waals surface area contributed by atoms with Crippen LogP contribution in [-0.4, -0.2) is 48.4 Å². The standard InChI is InChI=1S/C11H19N3O2/c1-4-11(16)13-10-7-14(8(3)15)6-9(10)12-5-2/h4,9-10,12H,1,5-7H2,2-3H3,(H,13,16). The van der Waals surface area contributed by atoms with Gasteiger partial charge in [0.15, 0.2) is 0 Å². The van der Waals surface area contributed by atoms with Gasteiger partial charge < -0.3 is 15.5 Å². The van der Waals surface area contributed by atoms with Crippen LogP contribution in [0.3, 0.4) is 0 Å². The molecule has 1 aliphatic heterocycles. The molecule has 0 saturated carbocycles. The maximum atomic E-state index is 11.3. The van der Waals surface area contributed by atoms with Crippen molar-refractivity contribution in [3.63, 3.8) is 0 Å². The highest BCUT2D eigenvalue weighted by Gasteiger charge is 2.33. The summed E-state index contributed by atoms with van der Waals surface area (Å²) in [4.78, 5) is 24.2. The van der Waals surface area contributed by atoms with Gasteiger partial charge in [0.05, 0.1) is 6.04 Å². The maximum absolute atomic E-state index is 11.3. The molecule has 5 heteroatoms. The Hall–Kier alpha value is -1.36. The number of likely N-dealkylation sites (tertiary alicyclic amines) is 1. The molecule has 0 radical (unpaired) electrons. The molecule has 16 heavy (non-hydrogen) atoms. The largest absolute Gasteiger partial charge is 0.346 e. The molecule has 0 aromatic carbocycles. The van der Waals surface area contributed by atoms with Crippen molar-refractivity contribution in [3.8, 4) is 0 Å². The average molecular weight is 225 g/mol. The van der Waals surface area contributed by atoms with E-state index in [1.54, 1.807) is 11.8 Å². The summed E-state index contributed by atoms with van der Waals surface area (Å²) in [5.41, 5.74) is 0. The molecule has 1 aliphatic rings. The minimum atomic E-state index is -0.196. The lowest BCUT2D eigenvalue weighted by molar-refractivity contribution is -0.128. The number of hydrogen-bond donors (Lipinski definition) is 2. The van der Waals surface area contributed by atoms with E-state index in [9.17, 15) is 9.59 Å². The van der Waals surface area contributed by atoms with Gasteiger partial charge in [-0.1, -0.05) is 13.5 Å². The predicted molar refractivity (Wildman–Crippen MR) is 61.8 cm³/mol. The molecule has 1 rings (SSSR count). The molecule has 0 spiro atoms. The van der Waals surface area contributed by atoms with Gasteiger partial charge in [0.25, 0.3) is 0 Å². The second kappa shape index (κ2) is 5.65. The zero-order valence-corrected chi connectivity index (χ0v) is 9.82. The normalized spacial score (nSPS) is 24.2. The highest BCUT2D eigenvalue weighted by atomic mass is 16.2. The Morgan fingerprint density at radius 2 is 2.06 bits per heavy atom. The van der Waals surface area contributed by atoms with Crippen LogP contribution in [0.25, 0.3) is 0 Å². The van der Waals surface area contributed by atoms with Crippen LogP contribution in [0.4, 0.5) is 0 Å². The van der Waals surface area contributed by atoms with Gasteiger partial charge in [0, 0.05) is 26.1 Å². The number of amides is 2. The number of hydrogen-bond acceptors (Lipinski definition) is 3. The first-order valence-electron chi connectivity index (χ1n) is 5.50. The number of carbonyl (C=O) groups is 2. The third-order valence-electron chi connectivity index (χ3n) is 2.74. The highest BCUT2D eigenvalue weighted by Crippen LogP contribution is 2.10. The van der Waals surface area contributed by atoms with Crippen molar-refractivity contribution in [2.45, 2.75) is 25.9 Å². The van der Waals surface area contributed by atoms with Crippen molar-refractivity contribution in [3.05, 3.63) is 12.7 Å². The molecule has 90 valence electrons. The van der Waals surface area contributed by atoms with Crippen molar-refractivity contribution < 1.29 is 9.59 Å². The summed E-state index contributed by atoms with van der Waals surface area (Å²) >= 11 is 0. The summed E-state index contributed by atoms with van der Waals surface area (Å²) in [6.45, 7) is 8.98. The van der Waals surface area contributed by atoms with Crippen LogP contribution in [0.15, 0.2) is 12.7 Å². The SMILES string of the molecule is C=CC(=O)NC1CN(C(C)=O)CC1NCC. The zero-order chi connectivity index (χ0) is 12.1. The second-order valence-corrected chi connectivity index (χ2v) is 3.91. The quantitative estimate of drug-likeness (QED) is 0.634. The topological polar surface area (TPSA) is 61.4 Å². The number of carbonyl (C=O) groups excluding carboxylic acids is 2. The molecule has 5 nitrogen and oxygen atoms in total. The first kappa shape index (κ1) is 12.7. The summed E-state index contributed by atoms with van der Waals surface area (Å²) in [6, 6.07) is 0.0900. The Kier molecular flexibility index (Phi) is 4.49. The lowest BCUT2D eigenvalue weighted by Crippen LogP contribution is -2.48. The van der Waals surface area contributed by atoms with Crippen LogP contribution >= 0.6 is 0 Å². The van der Waals surface area contributed by atoms with E-state index in [-0.39, 0.29) is 23.9 Å². The maximum Gasteiger partial charge on any atom is 0.243 e. The van der Waals surface area contributed by atoms with Crippen LogP contribution in [0.1, 0.15) is 13.8 Å². The Bertz CT molecular complexity index is 291. The summed E-state index contributed by atoms with van der Waals surface area (Å²) in [6.07, 6.45) is 1.25. The van der Waals surface area contributed by atoms with E-state index in [1.807, 2.05) is 6.92 Å². The van der Waals surface area contributed by atoms with E-state index < -0.39 is 0 Å². The minimum absolute atomic E-state index is 0.0330. The molecule has 0 aromatic heterocycles. The van der Waals surface area contributed by atoms with Gasteiger partial charge in [-0.2, -0.15) is 0 Å². The molecule has 1 saturated heterocycles. The molecule has 1 heterocycles. The molecule has 2 amide bonds. The van der Waals surface area contributed by atoms with E-state index in [2.05, 4.69) is 17.2 Å². The monoisotopic (exact) mass is 225 g/mol. The zero-order valence-electron chi connectivity index (χ0n) is 9.82. The van der Waals surface area contributed by atoms with Crippen LogP contribution in [-0.2, 0) is 9.59 Å². The summed E-state index contributed by atoms with van der Waals surface area (Å²) in [7, 11) is 0. The van der Waals surface area contributed by atoms with Gasteiger partial charge in [-0.05, 0) is 12.6 Å². The Morgan fingerprint density at radius 3 is 2.56 bits per heavy atom. The van der Waals surface area contributed by atoms with Crippen molar-refractivity contribution in [2.75, 3.05) is 19.6 Å². The third-order valence-corrected chi connectivity index (χ3v) is 2.74. The molecule has 2 unspecified atom stereocenters. The Morgan fingerprint density at radius 1 is 1.44 bits per heavy atom. The van der Waals surface area contributed by atoms with Gasteiger partial charge in [-0.3, -0.25) is 9.59 Å². The first-order valence-corrected chi connectivity index (χ1v) is 5.50.